The normalized spacial score (nSPS) is 18.1. The first kappa shape index (κ1) is 6.96. The third-order valence-corrected chi connectivity index (χ3v) is 1.29. The summed E-state index contributed by atoms with van der Waals surface area (Å²) >= 11 is 5.54. The van der Waals surface area contributed by atoms with E-state index in [0.29, 0.717) is 6.42 Å². The van der Waals surface area contributed by atoms with Gasteiger partial charge in [-0.05, 0) is 13.3 Å². The molecule has 1 nitrogen and oxygen atoms in total. The van der Waals surface area contributed by atoms with E-state index < -0.39 is 4.87 Å². The van der Waals surface area contributed by atoms with Crippen LogP contribution in [0, 0.1) is 0 Å². The van der Waals surface area contributed by atoms with E-state index in [1.165, 1.54) is 0 Å². The molecule has 1 atom stereocenters. The lowest BCUT2D eigenvalue weighted by atomic mass is 10.1. The van der Waals surface area contributed by atoms with Gasteiger partial charge in [0.25, 0.3) is 0 Å². The van der Waals surface area contributed by atoms with Gasteiger partial charge in [0.2, 0.25) is 0 Å². The fraction of sp³-hybridized carbons (Fsp3) is 0.800. The summed E-state index contributed by atoms with van der Waals surface area (Å²) in [6.45, 7) is 3.57. The number of carbonyl (C=O) groups is 1. The standard InChI is InChI=1S/C5H9ClO/c1-3-5(2,6)4-7/h4H,3H2,1-2H3. The lowest BCUT2D eigenvalue weighted by Gasteiger charge is -2.07. The van der Waals surface area contributed by atoms with Crippen molar-refractivity contribution in [3.05, 3.63) is 0 Å². The van der Waals surface area contributed by atoms with E-state index in [0.717, 1.165) is 6.29 Å². The molecular formula is C5H9ClO. The van der Waals surface area contributed by atoms with Crippen LogP contribution in [0.4, 0.5) is 0 Å². The van der Waals surface area contributed by atoms with Crippen molar-refractivity contribution in [2.45, 2.75) is 25.1 Å². The first-order chi connectivity index (χ1) is 3.12. The van der Waals surface area contributed by atoms with Crippen LogP contribution in [-0.2, 0) is 4.79 Å². The van der Waals surface area contributed by atoms with Gasteiger partial charge in [-0.3, -0.25) is 0 Å². The van der Waals surface area contributed by atoms with E-state index in [2.05, 4.69) is 0 Å². The van der Waals surface area contributed by atoms with E-state index in [9.17, 15) is 4.79 Å². The van der Waals surface area contributed by atoms with Crippen molar-refractivity contribution in [2.75, 3.05) is 0 Å². The van der Waals surface area contributed by atoms with Gasteiger partial charge in [-0.1, -0.05) is 6.92 Å². The number of carbonyl (C=O) groups excluding carboxylic acids is 1. The first-order valence-corrected chi connectivity index (χ1v) is 2.65. The highest BCUT2D eigenvalue weighted by Gasteiger charge is 2.14. The predicted molar refractivity (Wildman–Crippen MR) is 30.6 cm³/mol. The van der Waals surface area contributed by atoms with Crippen LogP contribution in [0.15, 0.2) is 0 Å². The van der Waals surface area contributed by atoms with Crippen molar-refractivity contribution in [1.29, 1.82) is 0 Å². The second kappa shape index (κ2) is 2.31. The molecule has 0 saturated carbocycles. The number of rotatable bonds is 2. The fourth-order valence-corrected chi connectivity index (χ4v) is 0.0833. The molecule has 0 aromatic heterocycles. The Morgan fingerprint density at radius 2 is 2.29 bits per heavy atom. The van der Waals surface area contributed by atoms with Crippen LogP contribution < -0.4 is 0 Å². The Morgan fingerprint density at radius 1 is 1.86 bits per heavy atom. The zero-order valence-corrected chi connectivity index (χ0v) is 5.33. The summed E-state index contributed by atoms with van der Waals surface area (Å²) in [7, 11) is 0. The van der Waals surface area contributed by atoms with Crippen LogP contribution >= 0.6 is 11.6 Å². The molecule has 0 aliphatic carbocycles. The number of alkyl halides is 1. The van der Waals surface area contributed by atoms with Crippen molar-refractivity contribution in [3.63, 3.8) is 0 Å². The zero-order chi connectivity index (χ0) is 5.91. The minimum Gasteiger partial charge on any atom is -0.301 e. The molecule has 2 heteroatoms. The third-order valence-electron chi connectivity index (χ3n) is 0.937. The zero-order valence-electron chi connectivity index (χ0n) is 4.57. The van der Waals surface area contributed by atoms with Crippen molar-refractivity contribution >= 4 is 17.9 Å². The Balaban J connectivity index is 3.58. The molecule has 7 heavy (non-hydrogen) atoms. The highest BCUT2D eigenvalue weighted by molar-refractivity contribution is 6.31. The molecule has 0 saturated heterocycles. The minimum absolute atomic E-state index is 0.625. The van der Waals surface area contributed by atoms with E-state index in [-0.39, 0.29) is 0 Å². The van der Waals surface area contributed by atoms with Gasteiger partial charge in [-0.25, -0.2) is 0 Å². The molecule has 0 aromatic rings. The SMILES string of the molecule is CCC(C)(Cl)C=O. The molecule has 1 unspecified atom stereocenters. The molecule has 0 bridgehead atoms. The molecule has 0 rings (SSSR count). The molecule has 0 spiro atoms. The smallest absolute Gasteiger partial charge is 0.140 e. The lowest BCUT2D eigenvalue weighted by molar-refractivity contribution is -0.109. The molecular weight excluding hydrogens is 112 g/mol. The van der Waals surface area contributed by atoms with Gasteiger partial charge in [-0.2, -0.15) is 0 Å². The maximum atomic E-state index is 9.93. The summed E-state index contributed by atoms with van der Waals surface area (Å²) in [5.74, 6) is 0. The molecule has 0 N–H and O–H groups in total. The quantitative estimate of drug-likeness (QED) is 0.400. The summed E-state index contributed by atoms with van der Waals surface area (Å²) in [5.41, 5.74) is 0. The van der Waals surface area contributed by atoms with Crippen LogP contribution in [0.25, 0.3) is 0 Å². The number of halogens is 1. The average Bonchev–Trinajstić information content (AvgIpc) is 1.68. The predicted octanol–water partition coefficient (Wildman–Crippen LogP) is 1.59. The van der Waals surface area contributed by atoms with Gasteiger partial charge >= 0.3 is 0 Å². The van der Waals surface area contributed by atoms with Gasteiger partial charge < -0.3 is 4.79 Å². The summed E-state index contributed by atoms with van der Waals surface area (Å²) in [4.78, 5) is 9.30. The van der Waals surface area contributed by atoms with Crippen molar-refractivity contribution in [1.82, 2.24) is 0 Å². The van der Waals surface area contributed by atoms with Crippen LogP contribution in [0.5, 0.6) is 0 Å². The minimum atomic E-state index is -0.625. The van der Waals surface area contributed by atoms with E-state index in [1.54, 1.807) is 6.92 Å². The maximum Gasteiger partial charge on any atom is 0.140 e. The monoisotopic (exact) mass is 120 g/mol. The van der Waals surface area contributed by atoms with Crippen LogP contribution in [-0.4, -0.2) is 11.2 Å². The van der Waals surface area contributed by atoms with Crippen molar-refractivity contribution in [3.8, 4) is 0 Å². The summed E-state index contributed by atoms with van der Waals surface area (Å²) in [6.07, 6.45) is 1.45. The second-order valence-corrected chi connectivity index (χ2v) is 2.61. The van der Waals surface area contributed by atoms with E-state index in [4.69, 9.17) is 11.6 Å². The second-order valence-electron chi connectivity index (χ2n) is 1.75. The summed E-state index contributed by atoms with van der Waals surface area (Å²) < 4.78 is 0. The van der Waals surface area contributed by atoms with Crippen LogP contribution in [0.3, 0.4) is 0 Å². The lowest BCUT2D eigenvalue weighted by Crippen LogP contribution is -2.15. The topological polar surface area (TPSA) is 17.1 Å². The van der Waals surface area contributed by atoms with Crippen LogP contribution in [0.1, 0.15) is 20.3 Å². The molecule has 0 heterocycles. The number of hydrogen-bond donors (Lipinski definition) is 0. The molecule has 0 radical (unpaired) electrons. The highest BCUT2D eigenvalue weighted by atomic mass is 35.5. The molecule has 42 valence electrons. The molecule has 0 fully saturated rings. The van der Waals surface area contributed by atoms with Gasteiger partial charge in [0, 0.05) is 0 Å². The van der Waals surface area contributed by atoms with Crippen molar-refractivity contribution in [2.24, 2.45) is 0 Å². The number of hydrogen-bond acceptors (Lipinski definition) is 1. The highest BCUT2D eigenvalue weighted by Crippen LogP contribution is 2.13. The van der Waals surface area contributed by atoms with Gasteiger partial charge in [-0.15, -0.1) is 11.6 Å². The van der Waals surface area contributed by atoms with Gasteiger partial charge in [0.1, 0.15) is 6.29 Å². The molecule has 0 aliphatic heterocycles. The van der Waals surface area contributed by atoms with Gasteiger partial charge in [0.05, 0.1) is 4.87 Å². The Bertz CT molecular complexity index is 68.5. The molecule has 0 aliphatic rings. The summed E-state index contributed by atoms with van der Waals surface area (Å²) in [6, 6.07) is 0. The molecule has 0 amide bonds. The maximum absolute atomic E-state index is 9.93. The fourth-order valence-electron chi connectivity index (χ4n) is 0.0833. The summed E-state index contributed by atoms with van der Waals surface area (Å²) in [5, 5.41) is 0. The first-order valence-electron chi connectivity index (χ1n) is 2.27. The van der Waals surface area contributed by atoms with Gasteiger partial charge in [0.15, 0.2) is 0 Å². The largest absolute Gasteiger partial charge is 0.301 e. The molecule has 0 aromatic carbocycles. The Kier molecular flexibility index (Phi) is 2.30. The Labute approximate surface area is 48.7 Å². The number of aldehydes is 1. The average molecular weight is 121 g/mol. The Morgan fingerprint density at radius 3 is 2.29 bits per heavy atom. The van der Waals surface area contributed by atoms with Crippen molar-refractivity contribution < 1.29 is 4.79 Å². The van der Waals surface area contributed by atoms with E-state index in [1.807, 2.05) is 6.92 Å². The van der Waals surface area contributed by atoms with Crippen LogP contribution in [0.2, 0.25) is 0 Å². The Hall–Kier alpha value is -0.0400. The third kappa shape index (κ3) is 2.63. The van der Waals surface area contributed by atoms with E-state index >= 15 is 0 Å².